The van der Waals surface area contributed by atoms with Gasteiger partial charge in [0.15, 0.2) is 0 Å². The van der Waals surface area contributed by atoms with Gasteiger partial charge >= 0.3 is 5.97 Å². The predicted molar refractivity (Wildman–Crippen MR) is 142 cm³/mol. The van der Waals surface area contributed by atoms with Gasteiger partial charge in [-0.3, -0.25) is 9.80 Å². The van der Waals surface area contributed by atoms with Crippen LogP contribution in [-0.2, 0) is 6.54 Å². The van der Waals surface area contributed by atoms with E-state index in [1.165, 1.54) is 11.5 Å². The van der Waals surface area contributed by atoms with E-state index >= 15 is 0 Å². The van der Waals surface area contributed by atoms with Crippen molar-refractivity contribution in [1.29, 1.82) is 0 Å². The highest BCUT2D eigenvalue weighted by Crippen LogP contribution is 2.39. The summed E-state index contributed by atoms with van der Waals surface area (Å²) in [6.07, 6.45) is -0.776. The number of fused-ring (bicyclic) bond motifs is 1. The first-order chi connectivity index (χ1) is 18.6. The van der Waals surface area contributed by atoms with Crippen LogP contribution in [0.25, 0.3) is 10.9 Å². The summed E-state index contributed by atoms with van der Waals surface area (Å²) in [5.41, 5.74) is 3.97. The third-order valence-electron chi connectivity index (χ3n) is 7.18. The number of rotatable bonds is 8. The predicted octanol–water partition coefficient (Wildman–Crippen LogP) is 5.46. The van der Waals surface area contributed by atoms with Crippen molar-refractivity contribution < 1.29 is 32.2 Å². The van der Waals surface area contributed by atoms with Gasteiger partial charge in [-0.2, -0.15) is 0 Å². The number of methoxy groups -OCH3 is 1. The number of para-hydroxylation sites is 1. The Morgan fingerprint density at radius 2 is 1.82 bits per heavy atom. The fraction of sp³-hybridized carbons (Fsp3) is 0.464. The van der Waals surface area contributed by atoms with Crippen LogP contribution in [0.5, 0.6) is 5.75 Å². The van der Waals surface area contributed by atoms with Gasteiger partial charge in [-0.05, 0) is 36.8 Å². The number of alkyl halides is 4. The molecule has 2 heterocycles. The molecule has 0 atom stereocenters. The van der Waals surface area contributed by atoms with Gasteiger partial charge in [-0.25, -0.2) is 22.4 Å². The number of nitrogens with zero attached hydrogens (tertiary/aromatic N) is 2. The number of carboxylic acid groups (broad SMARTS) is 1. The number of anilines is 1. The number of hydrogen-bond donors (Lipinski definition) is 3. The van der Waals surface area contributed by atoms with E-state index in [1.807, 2.05) is 11.1 Å². The lowest BCUT2D eigenvalue weighted by Gasteiger charge is -2.36. The van der Waals surface area contributed by atoms with Gasteiger partial charge < -0.3 is 20.1 Å². The Morgan fingerprint density at radius 1 is 1.15 bits per heavy atom. The van der Waals surface area contributed by atoms with Crippen molar-refractivity contribution in [3.8, 4) is 5.75 Å². The van der Waals surface area contributed by atoms with Crippen LogP contribution in [0.2, 0.25) is 0 Å². The first kappa shape index (κ1) is 28.7. The van der Waals surface area contributed by atoms with Gasteiger partial charge in [-0.15, -0.1) is 0 Å². The minimum atomic E-state index is -2.60. The monoisotopic (exact) mass is 550 g/mol. The molecule has 7 nitrogen and oxygen atoms in total. The molecule has 2 aliphatic rings. The summed E-state index contributed by atoms with van der Waals surface area (Å²) in [7, 11) is 1.69. The first-order valence-corrected chi connectivity index (χ1v) is 12.9. The number of carbonyl (C=O) groups is 1. The number of halogens is 4. The van der Waals surface area contributed by atoms with Crippen LogP contribution in [0.3, 0.4) is 0 Å². The highest BCUT2D eigenvalue weighted by molar-refractivity contribution is 5.94. The molecule has 3 aromatic rings. The van der Waals surface area contributed by atoms with Crippen molar-refractivity contribution in [2.45, 2.75) is 44.7 Å². The van der Waals surface area contributed by atoms with Crippen LogP contribution in [0.1, 0.15) is 34.3 Å². The molecular formula is C28H34F4N4O3. The average Bonchev–Trinajstić information content (AvgIpc) is 3.37. The minimum absolute atomic E-state index is 0.109. The van der Waals surface area contributed by atoms with Crippen molar-refractivity contribution in [3.05, 3.63) is 59.3 Å². The number of nitrogens with one attached hydrogen (secondary N) is 2. The normalized spacial score (nSPS) is 17.9. The highest BCUT2D eigenvalue weighted by Gasteiger charge is 2.45. The fourth-order valence-electron chi connectivity index (χ4n) is 5.11. The van der Waals surface area contributed by atoms with E-state index in [0.29, 0.717) is 18.8 Å². The van der Waals surface area contributed by atoms with Crippen LogP contribution in [-0.4, -0.2) is 84.1 Å². The van der Waals surface area contributed by atoms with E-state index in [-0.39, 0.29) is 31.0 Å². The zero-order valence-electron chi connectivity index (χ0n) is 22.0. The summed E-state index contributed by atoms with van der Waals surface area (Å²) in [5, 5.41) is 12.9. The number of carboxylic acids is 1. The minimum Gasteiger partial charge on any atom is -0.496 e. The van der Waals surface area contributed by atoms with E-state index in [1.54, 1.807) is 25.3 Å². The molecule has 1 aromatic heterocycles. The standard InChI is InChI=1S/C17H23F2N3O.C11H11F2NO2/c1-12-9-15(23-2)14(13-3-4-20-17(12)13)10-21-5-7-22(8-6-21)11-16(18)19;12-11(13)5-7(6-11)14-9-4-2-1-3-8(9)10(15)16/h3-4,9,16,20H,5-8,10-11H2,1-2H3;1-4,7,14H,5-6H2,(H,15,16). The first-order valence-electron chi connectivity index (χ1n) is 12.9. The van der Waals surface area contributed by atoms with Crippen molar-refractivity contribution in [2.24, 2.45) is 0 Å². The van der Waals surface area contributed by atoms with Gasteiger partial charge in [0.25, 0.3) is 12.3 Å². The fourth-order valence-corrected chi connectivity index (χ4v) is 5.11. The van der Waals surface area contributed by atoms with Crippen LogP contribution >= 0.6 is 0 Å². The number of ether oxygens (including phenoxy) is 1. The Bertz CT molecular complexity index is 1270. The SMILES string of the molecule is COc1cc(C)c2[nH]ccc2c1CN1CCN(CC(F)F)CC1.O=C(O)c1ccccc1NC1CC(F)(F)C1. The maximum absolute atomic E-state index is 12.6. The summed E-state index contributed by atoms with van der Waals surface area (Å²) >= 11 is 0. The Kier molecular flexibility index (Phi) is 9.01. The molecule has 2 fully saturated rings. The molecule has 0 radical (unpaired) electrons. The van der Waals surface area contributed by atoms with Crippen molar-refractivity contribution >= 4 is 22.6 Å². The Balaban J connectivity index is 0.000000193. The topological polar surface area (TPSA) is 80.8 Å². The second kappa shape index (κ2) is 12.3. The molecule has 0 spiro atoms. The van der Waals surface area contributed by atoms with E-state index in [9.17, 15) is 22.4 Å². The average molecular weight is 551 g/mol. The number of benzene rings is 2. The molecule has 212 valence electrons. The third kappa shape index (κ3) is 7.21. The maximum atomic E-state index is 12.6. The second-order valence-corrected chi connectivity index (χ2v) is 10.1. The van der Waals surface area contributed by atoms with Gasteiger partial charge in [0, 0.05) is 80.0 Å². The zero-order valence-corrected chi connectivity index (χ0v) is 22.0. The Morgan fingerprint density at radius 3 is 2.44 bits per heavy atom. The summed E-state index contributed by atoms with van der Waals surface area (Å²) in [5.74, 6) is -2.77. The Hall–Kier alpha value is -3.31. The Labute approximate surface area is 224 Å². The number of aromatic amines is 1. The molecule has 11 heteroatoms. The molecule has 1 aliphatic carbocycles. The lowest BCUT2D eigenvalue weighted by molar-refractivity contribution is -0.0793. The second-order valence-electron chi connectivity index (χ2n) is 10.1. The highest BCUT2D eigenvalue weighted by atomic mass is 19.3. The van der Waals surface area contributed by atoms with E-state index < -0.39 is 18.3 Å². The number of aryl methyl sites for hydroxylation is 1. The third-order valence-corrected chi connectivity index (χ3v) is 7.18. The molecule has 2 aromatic carbocycles. The molecule has 39 heavy (non-hydrogen) atoms. The van der Waals surface area contributed by atoms with Gasteiger partial charge in [-0.1, -0.05) is 12.1 Å². The lowest BCUT2D eigenvalue weighted by Crippen LogP contribution is -2.47. The summed E-state index contributed by atoms with van der Waals surface area (Å²) < 4.78 is 55.7. The quantitative estimate of drug-likeness (QED) is 0.323. The molecule has 1 saturated carbocycles. The number of aromatic carboxylic acids is 1. The maximum Gasteiger partial charge on any atom is 0.337 e. The molecular weight excluding hydrogens is 516 g/mol. The van der Waals surface area contributed by atoms with Crippen LogP contribution < -0.4 is 10.1 Å². The van der Waals surface area contributed by atoms with Crippen molar-refractivity contribution in [1.82, 2.24) is 14.8 Å². The van der Waals surface area contributed by atoms with E-state index in [0.717, 1.165) is 42.0 Å². The molecule has 5 rings (SSSR count). The van der Waals surface area contributed by atoms with E-state index in [2.05, 4.69) is 34.3 Å². The van der Waals surface area contributed by atoms with Gasteiger partial charge in [0.2, 0.25) is 0 Å². The number of aromatic nitrogens is 1. The number of piperazine rings is 1. The van der Waals surface area contributed by atoms with Crippen molar-refractivity contribution in [3.63, 3.8) is 0 Å². The number of hydrogen-bond acceptors (Lipinski definition) is 5. The number of H-pyrrole nitrogens is 1. The largest absolute Gasteiger partial charge is 0.496 e. The molecule has 1 saturated heterocycles. The van der Waals surface area contributed by atoms with Crippen LogP contribution in [0.4, 0.5) is 23.2 Å². The van der Waals surface area contributed by atoms with Crippen LogP contribution in [0, 0.1) is 6.92 Å². The summed E-state index contributed by atoms with van der Waals surface area (Å²) in [4.78, 5) is 18.3. The molecule has 1 aliphatic heterocycles. The molecule has 3 N–H and O–H groups in total. The smallest absolute Gasteiger partial charge is 0.337 e. The lowest BCUT2D eigenvalue weighted by atomic mass is 9.88. The van der Waals surface area contributed by atoms with Gasteiger partial charge in [0.05, 0.1) is 19.2 Å². The molecule has 0 unspecified atom stereocenters. The molecule has 0 amide bonds. The summed E-state index contributed by atoms with van der Waals surface area (Å²) in [6, 6.07) is 10.1. The zero-order chi connectivity index (χ0) is 28.2. The van der Waals surface area contributed by atoms with Crippen molar-refractivity contribution in [2.75, 3.05) is 45.2 Å². The van der Waals surface area contributed by atoms with E-state index in [4.69, 9.17) is 9.84 Å². The molecule has 0 bridgehead atoms. The van der Waals surface area contributed by atoms with Crippen LogP contribution in [0.15, 0.2) is 42.6 Å². The summed E-state index contributed by atoms with van der Waals surface area (Å²) in [6.45, 7) is 5.70. The van der Waals surface area contributed by atoms with Gasteiger partial charge in [0.1, 0.15) is 5.75 Å².